The van der Waals surface area contributed by atoms with Crippen molar-refractivity contribution >= 4 is 26.5 Å². The third-order valence-corrected chi connectivity index (χ3v) is 8.82. The molecule has 1 aliphatic heterocycles. The van der Waals surface area contributed by atoms with Gasteiger partial charge in [0.1, 0.15) is 0 Å². The molecule has 0 spiro atoms. The molecule has 26 heavy (non-hydrogen) atoms. The Labute approximate surface area is 148 Å². The molecule has 0 aromatic heterocycles. The van der Waals surface area contributed by atoms with Crippen molar-refractivity contribution in [2.75, 3.05) is 0 Å². The van der Waals surface area contributed by atoms with Crippen molar-refractivity contribution < 1.29 is 38.4 Å². The lowest BCUT2D eigenvalue weighted by molar-refractivity contribution is -0.0547. The van der Waals surface area contributed by atoms with Crippen LogP contribution in [-0.4, -0.2) is 19.4 Å². The maximum atomic E-state index is 14.1. The molecule has 3 nitrogen and oxygen atoms in total. The van der Waals surface area contributed by atoms with Crippen LogP contribution in [0.1, 0.15) is 31.9 Å². The van der Waals surface area contributed by atoms with Crippen LogP contribution in [0.2, 0.25) is 0 Å². The highest BCUT2D eigenvalue weighted by atomic mass is 32.3. The molecule has 1 aromatic carbocycles. The second kappa shape index (κ2) is 6.45. The first-order valence-electron chi connectivity index (χ1n) is 7.44. The highest BCUT2D eigenvalue weighted by Crippen LogP contribution is 2.79. The lowest BCUT2D eigenvalue weighted by atomic mass is 10.0. The van der Waals surface area contributed by atoms with Gasteiger partial charge in [-0.2, -0.15) is 38.4 Å². The third-order valence-electron chi connectivity index (χ3n) is 3.84. The molecule has 0 amide bonds. The number of alkyl halides is 6. The van der Waals surface area contributed by atoms with E-state index in [1.54, 1.807) is 6.92 Å². The summed E-state index contributed by atoms with van der Waals surface area (Å²) in [5.74, 6) is -0.882. The van der Waals surface area contributed by atoms with Gasteiger partial charge in [-0.1, -0.05) is 32.9 Å². The number of hydrogen-bond donors (Lipinski definition) is 0. The van der Waals surface area contributed by atoms with Crippen LogP contribution in [-0.2, 0) is 20.2 Å². The van der Waals surface area contributed by atoms with Crippen LogP contribution < -0.4 is 0 Å². The standard InChI is InChI=1S/C15H16F6O3S2/c1-4-10-6-5-7-12-11(10)8-13(9(2)3)25(12,14(16,17)18)24-26(22,23)15(19,20)21/h5-9H,4H2,1-3H3. The molecular formula is C15H16F6O3S2. The smallest absolute Gasteiger partial charge is 0.196 e. The lowest BCUT2D eigenvalue weighted by Gasteiger charge is -2.40. The number of fused-ring (bicyclic) bond motifs is 1. The zero-order chi connectivity index (χ0) is 20.1. The van der Waals surface area contributed by atoms with Crippen molar-refractivity contribution in [1.82, 2.24) is 0 Å². The highest BCUT2D eigenvalue weighted by Gasteiger charge is 2.64. The van der Waals surface area contributed by atoms with Crippen molar-refractivity contribution in [2.24, 2.45) is 5.92 Å². The lowest BCUT2D eigenvalue weighted by Crippen LogP contribution is -2.33. The summed E-state index contributed by atoms with van der Waals surface area (Å²) in [7, 11) is -11.4. The minimum absolute atomic E-state index is 0.0726. The van der Waals surface area contributed by atoms with Crippen molar-refractivity contribution in [3.05, 3.63) is 34.2 Å². The molecule has 2 rings (SSSR count). The molecule has 1 aromatic rings. The summed E-state index contributed by atoms with van der Waals surface area (Å²) in [6.45, 7) is 4.37. The normalized spacial score (nSPS) is 23.5. The molecule has 0 saturated carbocycles. The molecule has 148 valence electrons. The van der Waals surface area contributed by atoms with E-state index in [4.69, 9.17) is 0 Å². The summed E-state index contributed by atoms with van der Waals surface area (Å²) in [5, 5.41) is 0. The van der Waals surface area contributed by atoms with Gasteiger partial charge in [-0.05, 0) is 35.6 Å². The van der Waals surface area contributed by atoms with Gasteiger partial charge in [0, 0.05) is 20.1 Å². The minimum Gasteiger partial charge on any atom is -0.196 e. The molecule has 1 unspecified atom stereocenters. The predicted molar refractivity (Wildman–Crippen MR) is 86.6 cm³/mol. The van der Waals surface area contributed by atoms with E-state index < -0.39 is 47.2 Å². The Hall–Kier alpha value is -1.20. The van der Waals surface area contributed by atoms with E-state index in [-0.39, 0.29) is 5.56 Å². The topological polar surface area (TPSA) is 43.4 Å². The minimum atomic E-state index is -6.48. The van der Waals surface area contributed by atoms with Gasteiger partial charge in [0.25, 0.3) is 0 Å². The van der Waals surface area contributed by atoms with Crippen LogP contribution in [0, 0.1) is 5.92 Å². The van der Waals surface area contributed by atoms with E-state index in [1.165, 1.54) is 26.0 Å². The van der Waals surface area contributed by atoms with E-state index in [9.17, 15) is 34.8 Å². The molecule has 1 heterocycles. The summed E-state index contributed by atoms with van der Waals surface area (Å²) in [4.78, 5) is -1.07. The molecule has 1 aliphatic rings. The molecule has 0 radical (unpaired) electrons. The van der Waals surface area contributed by atoms with Gasteiger partial charge >= 0.3 is 21.1 Å². The molecule has 0 bridgehead atoms. The third kappa shape index (κ3) is 3.13. The number of halogens is 6. The second-order valence-corrected chi connectivity index (χ2v) is 10.3. The van der Waals surface area contributed by atoms with Crippen molar-refractivity contribution in [2.45, 2.75) is 43.1 Å². The molecule has 0 saturated heterocycles. The van der Waals surface area contributed by atoms with E-state index in [0.29, 0.717) is 12.0 Å². The van der Waals surface area contributed by atoms with E-state index >= 15 is 0 Å². The first-order chi connectivity index (χ1) is 11.7. The Bertz CT molecular complexity index is 840. The van der Waals surface area contributed by atoms with E-state index in [2.05, 4.69) is 3.63 Å². The van der Waals surface area contributed by atoms with E-state index in [1.807, 2.05) is 0 Å². The molecule has 0 fully saturated rings. The summed E-state index contributed by atoms with van der Waals surface area (Å²) in [6.07, 6.45) is 1.44. The fourth-order valence-corrected chi connectivity index (χ4v) is 7.50. The van der Waals surface area contributed by atoms with Gasteiger partial charge in [-0.3, -0.25) is 0 Å². The SMILES string of the molecule is CCc1cccc2c1C=C(C(C)C)S2(OS(=O)(=O)C(F)(F)F)C(F)(F)F. The van der Waals surface area contributed by atoms with Crippen LogP contribution in [0.25, 0.3) is 6.08 Å². The average Bonchev–Trinajstić information content (AvgIpc) is 2.81. The van der Waals surface area contributed by atoms with Crippen LogP contribution in [0.3, 0.4) is 0 Å². The Balaban J connectivity index is 2.87. The quantitative estimate of drug-likeness (QED) is 0.460. The van der Waals surface area contributed by atoms with Crippen molar-refractivity contribution in [3.8, 4) is 0 Å². The maximum Gasteiger partial charge on any atom is 0.523 e. The molecule has 0 aliphatic carbocycles. The maximum absolute atomic E-state index is 14.1. The van der Waals surface area contributed by atoms with Gasteiger partial charge < -0.3 is 0 Å². The summed E-state index contributed by atoms with van der Waals surface area (Å²) in [6, 6.07) is 3.78. The number of benzene rings is 1. The monoisotopic (exact) mass is 422 g/mol. The van der Waals surface area contributed by atoms with Crippen molar-refractivity contribution in [3.63, 3.8) is 0 Å². The first kappa shape index (κ1) is 21.1. The average molecular weight is 422 g/mol. The molecule has 1 atom stereocenters. The van der Waals surface area contributed by atoms with Gasteiger partial charge in [0.15, 0.2) is 0 Å². The largest absolute Gasteiger partial charge is 0.523 e. The summed E-state index contributed by atoms with van der Waals surface area (Å²) in [5.41, 5.74) is -10.8. The summed E-state index contributed by atoms with van der Waals surface area (Å²) < 4.78 is 108. The number of aryl methyl sites for hydroxylation is 1. The van der Waals surface area contributed by atoms with E-state index in [0.717, 1.165) is 12.1 Å². The summed E-state index contributed by atoms with van der Waals surface area (Å²) >= 11 is 0. The van der Waals surface area contributed by atoms with Crippen LogP contribution in [0.4, 0.5) is 26.3 Å². The van der Waals surface area contributed by atoms with Gasteiger partial charge in [0.05, 0.1) is 0 Å². The van der Waals surface area contributed by atoms with Gasteiger partial charge in [0.2, 0.25) is 0 Å². The molecule has 11 heteroatoms. The Morgan fingerprint density at radius 2 is 1.69 bits per heavy atom. The van der Waals surface area contributed by atoms with Crippen LogP contribution in [0.5, 0.6) is 0 Å². The zero-order valence-corrected chi connectivity index (χ0v) is 15.5. The van der Waals surface area contributed by atoms with Crippen LogP contribution >= 0.6 is 10.3 Å². The Morgan fingerprint density at radius 1 is 1.12 bits per heavy atom. The van der Waals surface area contributed by atoms with Gasteiger partial charge in [-0.25, -0.2) is 0 Å². The van der Waals surface area contributed by atoms with Gasteiger partial charge in [-0.15, -0.1) is 0 Å². The molecule has 0 N–H and O–H groups in total. The first-order valence-corrected chi connectivity index (χ1v) is 10.4. The fourth-order valence-electron chi connectivity index (χ4n) is 2.71. The molecular weight excluding hydrogens is 406 g/mol. The number of allylic oxidation sites excluding steroid dienone is 1. The Kier molecular flexibility index (Phi) is 5.23. The fraction of sp³-hybridized carbons (Fsp3) is 0.467. The number of hydrogen-bond acceptors (Lipinski definition) is 3. The Morgan fingerprint density at radius 3 is 2.12 bits per heavy atom. The van der Waals surface area contributed by atoms with Crippen molar-refractivity contribution in [1.29, 1.82) is 0 Å². The zero-order valence-electron chi connectivity index (χ0n) is 13.9. The second-order valence-electron chi connectivity index (χ2n) is 5.85. The highest BCUT2D eigenvalue weighted by molar-refractivity contribution is 8.37. The number of rotatable bonds is 4. The predicted octanol–water partition coefficient (Wildman–Crippen LogP) is 5.72. The van der Waals surface area contributed by atoms with Crippen LogP contribution in [0.15, 0.2) is 28.0 Å².